The maximum absolute atomic E-state index is 15.7. The van der Waals surface area contributed by atoms with Crippen molar-refractivity contribution >= 4 is 40.1 Å². The fourth-order valence-corrected chi connectivity index (χ4v) is 7.23. The van der Waals surface area contributed by atoms with E-state index in [1.54, 1.807) is 22.1 Å². The van der Waals surface area contributed by atoms with Crippen LogP contribution in [0.25, 0.3) is 22.4 Å². The molecule has 3 aromatic rings. The number of hydrogen-bond acceptors (Lipinski definition) is 6. The number of carboxylic acid groups (broad SMARTS) is 1. The van der Waals surface area contributed by atoms with E-state index < -0.39 is 17.0 Å². The van der Waals surface area contributed by atoms with E-state index in [-0.39, 0.29) is 35.1 Å². The predicted octanol–water partition coefficient (Wildman–Crippen LogP) is 6.69. The Labute approximate surface area is 248 Å². The van der Waals surface area contributed by atoms with Gasteiger partial charge in [0.15, 0.2) is 5.13 Å². The molecule has 1 unspecified atom stereocenters. The lowest BCUT2D eigenvalue weighted by molar-refractivity contribution is -0.141. The quantitative estimate of drug-likeness (QED) is 0.282. The standard InChI is InChI=1S/C32H35FN4O4S/c33-30-29(25-10-4-3-9-24(25)21-12-15-26(34-19-21)36-16-6-5-11-27(36)38)35-32(42-30)37(23-13-14-23)31(41)22(18-28(39)40)17-20-7-1-2-8-20/h3-4,9-10,12,15,19-20,22-23H,1-2,5-8,11,13-14,16-18H2,(H,39,40). The zero-order chi connectivity index (χ0) is 29.2. The fraction of sp³-hybridized carbons (Fsp3) is 0.469. The SMILES string of the molecule is O=C(O)CC(CC1CCCC1)C(=O)N(c1nc(-c2ccccc2-c2ccc(N3CCCCC3=O)nc2)c(F)s1)C1CC1. The van der Waals surface area contributed by atoms with Crippen molar-refractivity contribution in [3.05, 3.63) is 47.7 Å². The van der Waals surface area contributed by atoms with Crippen LogP contribution < -0.4 is 9.80 Å². The van der Waals surface area contributed by atoms with Crippen molar-refractivity contribution in [1.29, 1.82) is 0 Å². The Morgan fingerprint density at radius 1 is 1.05 bits per heavy atom. The van der Waals surface area contributed by atoms with Crippen LogP contribution in [0.2, 0.25) is 0 Å². The summed E-state index contributed by atoms with van der Waals surface area (Å²) in [5.41, 5.74) is 2.25. The number of aromatic nitrogens is 2. The molecule has 0 radical (unpaired) electrons. The molecule has 2 aromatic heterocycles. The molecule has 1 atom stereocenters. The number of halogens is 1. The lowest BCUT2D eigenvalue weighted by Crippen LogP contribution is -2.39. The van der Waals surface area contributed by atoms with Gasteiger partial charge in [0.25, 0.3) is 0 Å². The lowest BCUT2D eigenvalue weighted by Gasteiger charge is -2.26. The van der Waals surface area contributed by atoms with Gasteiger partial charge in [-0.3, -0.25) is 24.2 Å². The van der Waals surface area contributed by atoms with E-state index in [4.69, 9.17) is 0 Å². The summed E-state index contributed by atoms with van der Waals surface area (Å²) in [5, 5.41) is 9.37. The number of anilines is 2. The number of carbonyl (C=O) groups is 3. The number of carbonyl (C=O) groups excluding carboxylic acids is 2. The number of benzene rings is 1. The molecular weight excluding hydrogens is 555 g/mol. The van der Waals surface area contributed by atoms with Gasteiger partial charge in [0.1, 0.15) is 11.5 Å². The summed E-state index contributed by atoms with van der Waals surface area (Å²) in [4.78, 5) is 50.4. The van der Waals surface area contributed by atoms with Gasteiger partial charge in [0, 0.05) is 42.2 Å². The third-order valence-corrected chi connectivity index (χ3v) is 9.48. The highest BCUT2D eigenvalue weighted by Gasteiger charge is 2.40. The molecule has 3 aliphatic rings. The smallest absolute Gasteiger partial charge is 0.304 e. The maximum atomic E-state index is 15.7. The second-order valence-corrected chi connectivity index (χ2v) is 12.6. The van der Waals surface area contributed by atoms with Gasteiger partial charge in [-0.25, -0.2) is 9.97 Å². The van der Waals surface area contributed by atoms with E-state index in [2.05, 4.69) is 9.97 Å². The summed E-state index contributed by atoms with van der Waals surface area (Å²) in [6, 6.07) is 11.0. The summed E-state index contributed by atoms with van der Waals surface area (Å²) in [6.07, 6.45) is 10.2. The largest absolute Gasteiger partial charge is 0.481 e. The maximum Gasteiger partial charge on any atom is 0.304 e. The molecule has 220 valence electrons. The first kappa shape index (κ1) is 28.5. The molecule has 3 fully saturated rings. The van der Waals surface area contributed by atoms with Crippen molar-refractivity contribution in [2.75, 3.05) is 16.3 Å². The fourth-order valence-electron chi connectivity index (χ4n) is 6.35. The van der Waals surface area contributed by atoms with Crippen molar-refractivity contribution in [1.82, 2.24) is 9.97 Å². The Morgan fingerprint density at radius 3 is 2.48 bits per heavy atom. The first-order chi connectivity index (χ1) is 20.4. The van der Waals surface area contributed by atoms with Crippen LogP contribution in [0.4, 0.5) is 15.3 Å². The van der Waals surface area contributed by atoms with Crippen LogP contribution in [-0.2, 0) is 14.4 Å². The van der Waals surface area contributed by atoms with Gasteiger partial charge in [0.05, 0.1) is 6.42 Å². The van der Waals surface area contributed by atoms with Gasteiger partial charge in [-0.1, -0.05) is 61.3 Å². The highest BCUT2D eigenvalue weighted by molar-refractivity contribution is 7.14. The number of carboxylic acids is 1. The first-order valence-corrected chi connectivity index (χ1v) is 15.8. The molecule has 0 bridgehead atoms. The second-order valence-electron chi connectivity index (χ2n) is 11.7. The number of aliphatic carboxylic acids is 1. The van der Waals surface area contributed by atoms with Gasteiger partial charge in [-0.15, -0.1) is 0 Å². The number of thiazole rings is 1. The van der Waals surface area contributed by atoms with Crippen molar-refractivity contribution in [3.63, 3.8) is 0 Å². The molecule has 2 saturated carbocycles. The van der Waals surface area contributed by atoms with E-state index in [9.17, 15) is 19.5 Å². The Kier molecular flexibility index (Phi) is 8.33. The molecule has 1 aromatic carbocycles. The summed E-state index contributed by atoms with van der Waals surface area (Å²) < 4.78 is 15.7. The van der Waals surface area contributed by atoms with Crippen molar-refractivity contribution in [2.45, 2.75) is 76.7 Å². The molecule has 8 nitrogen and oxygen atoms in total. The van der Waals surface area contributed by atoms with Crippen LogP contribution >= 0.6 is 11.3 Å². The molecule has 2 amide bonds. The summed E-state index contributed by atoms with van der Waals surface area (Å²) in [7, 11) is 0. The number of rotatable bonds is 10. The molecule has 0 spiro atoms. The van der Waals surface area contributed by atoms with Gasteiger partial charge < -0.3 is 5.11 Å². The van der Waals surface area contributed by atoms with Gasteiger partial charge in [-0.2, -0.15) is 4.39 Å². The minimum atomic E-state index is -0.994. The van der Waals surface area contributed by atoms with Gasteiger partial charge >= 0.3 is 5.97 Å². The van der Waals surface area contributed by atoms with E-state index in [1.165, 1.54) is 0 Å². The predicted molar refractivity (Wildman–Crippen MR) is 160 cm³/mol. The summed E-state index contributed by atoms with van der Waals surface area (Å²) in [6.45, 7) is 0.652. The highest BCUT2D eigenvalue weighted by Crippen LogP contribution is 2.42. The van der Waals surface area contributed by atoms with Crippen LogP contribution in [0.1, 0.15) is 70.6 Å². The lowest BCUT2D eigenvalue weighted by atomic mass is 9.90. The summed E-state index contributed by atoms with van der Waals surface area (Å²) in [5.74, 6) is -0.871. The molecule has 1 aliphatic heterocycles. The van der Waals surface area contributed by atoms with Crippen molar-refractivity contribution < 1.29 is 23.9 Å². The minimum Gasteiger partial charge on any atom is -0.481 e. The topological polar surface area (TPSA) is 104 Å². The zero-order valence-electron chi connectivity index (χ0n) is 23.5. The molecule has 2 aliphatic carbocycles. The highest BCUT2D eigenvalue weighted by atomic mass is 32.1. The number of nitrogens with zero attached hydrogens (tertiary/aromatic N) is 4. The molecular formula is C32H35FN4O4S. The molecule has 6 rings (SSSR count). The molecule has 10 heteroatoms. The van der Waals surface area contributed by atoms with Crippen LogP contribution in [-0.4, -0.2) is 45.4 Å². The van der Waals surface area contributed by atoms with Gasteiger partial charge in [-0.05, 0) is 55.7 Å². The Morgan fingerprint density at radius 2 is 1.81 bits per heavy atom. The van der Waals surface area contributed by atoms with Crippen LogP contribution in [0.15, 0.2) is 42.6 Å². The van der Waals surface area contributed by atoms with Crippen LogP contribution in [0.3, 0.4) is 0 Å². The average Bonchev–Trinajstić information content (AvgIpc) is 3.54. The average molecular weight is 591 g/mol. The van der Waals surface area contributed by atoms with Gasteiger partial charge in [0.2, 0.25) is 16.9 Å². The summed E-state index contributed by atoms with van der Waals surface area (Å²) >= 11 is 0.838. The Hall–Kier alpha value is -3.66. The monoisotopic (exact) mass is 590 g/mol. The third kappa shape index (κ3) is 6.09. The Balaban J connectivity index is 1.29. The Bertz CT molecular complexity index is 1470. The molecule has 42 heavy (non-hydrogen) atoms. The number of pyridine rings is 1. The normalized spacial score (nSPS) is 18.3. The first-order valence-electron chi connectivity index (χ1n) is 15.0. The molecule has 1 saturated heterocycles. The third-order valence-electron chi connectivity index (χ3n) is 8.63. The van der Waals surface area contributed by atoms with E-state index in [1.807, 2.05) is 30.3 Å². The molecule has 1 N–H and O–H groups in total. The van der Waals surface area contributed by atoms with Crippen molar-refractivity contribution in [3.8, 4) is 22.4 Å². The van der Waals surface area contributed by atoms with E-state index in [0.717, 1.165) is 73.8 Å². The van der Waals surface area contributed by atoms with E-state index >= 15 is 4.39 Å². The number of hydrogen-bond donors (Lipinski definition) is 1. The van der Waals surface area contributed by atoms with Crippen molar-refractivity contribution in [2.24, 2.45) is 11.8 Å². The van der Waals surface area contributed by atoms with Crippen LogP contribution in [0, 0.1) is 17.0 Å². The second kappa shape index (κ2) is 12.3. The number of piperidine rings is 1. The van der Waals surface area contributed by atoms with E-state index in [0.29, 0.717) is 36.7 Å². The zero-order valence-corrected chi connectivity index (χ0v) is 24.3. The molecule has 3 heterocycles. The minimum absolute atomic E-state index is 0.0718. The number of amides is 2. The van der Waals surface area contributed by atoms with Crippen LogP contribution in [0.5, 0.6) is 0 Å².